The van der Waals surface area contributed by atoms with E-state index in [0.29, 0.717) is 63.0 Å². The number of Topliss-reactive ketones (excluding diaryl/α,β-unsaturated/α-hetero) is 1. The summed E-state index contributed by atoms with van der Waals surface area (Å²) in [4.78, 5) is 33.3. The van der Waals surface area contributed by atoms with Gasteiger partial charge in [-0.2, -0.15) is 30.8 Å². The molecule has 0 aromatic carbocycles. The Morgan fingerprint density at radius 2 is 0.889 bits per heavy atom. The van der Waals surface area contributed by atoms with Crippen LogP contribution >= 0.6 is 0 Å². The molecule has 18 aliphatic rings. The Hall–Kier alpha value is 3.19. The van der Waals surface area contributed by atoms with Crippen molar-refractivity contribution < 1.29 is 170 Å². The third kappa shape index (κ3) is 27.1. The predicted molar refractivity (Wildman–Crippen MR) is 422 cm³/mol. The van der Waals surface area contributed by atoms with Crippen LogP contribution in [-0.4, -0.2) is 289 Å². The molecule has 18 fully saturated rings. The van der Waals surface area contributed by atoms with Gasteiger partial charge >= 0.3 is 0 Å². The molecule has 0 aromatic heterocycles. The van der Waals surface area contributed by atoms with E-state index in [1.54, 1.807) is 6.42 Å². The van der Waals surface area contributed by atoms with E-state index in [2.05, 4.69) is 148 Å². The minimum Gasteiger partial charge on any atom is -0.573 e. The predicted octanol–water partition coefficient (Wildman–Crippen LogP) is 12.1. The normalized spacial score (nSPS) is 28.7. The molecular formula is C87H153N9O8Y4-8. The number of carbonyl (C=O) groups is 1. The number of methoxy groups -OCH3 is 1. The second-order valence-electron chi connectivity index (χ2n) is 36.7. The number of hydrogen-bond acceptors (Lipinski definition) is 17. The third-order valence-electron chi connectivity index (χ3n) is 28.0. The van der Waals surface area contributed by atoms with E-state index in [0.717, 1.165) is 143 Å². The molecule has 108 heavy (non-hydrogen) atoms. The molecule has 9 saturated carbocycles. The molecule has 0 aromatic rings. The van der Waals surface area contributed by atoms with Gasteiger partial charge in [-0.1, -0.05) is 146 Å². The van der Waals surface area contributed by atoms with Crippen LogP contribution in [0.2, 0.25) is 0 Å². The topological polar surface area (TPSA) is 133 Å². The zero-order valence-electron chi connectivity index (χ0n) is 71.0. The minimum absolute atomic E-state index is 0. The zero-order chi connectivity index (χ0) is 74.8. The largest absolute Gasteiger partial charge is 0.573 e. The van der Waals surface area contributed by atoms with Gasteiger partial charge in [-0.25, -0.2) is 0 Å². The van der Waals surface area contributed by atoms with Crippen LogP contribution < -0.4 is 0 Å². The van der Waals surface area contributed by atoms with E-state index in [9.17, 15) is 9.90 Å². The Morgan fingerprint density at radius 3 is 1.19 bits per heavy atom. The molecule has 9 saturated heterocycles. The summed E-state index contributed by atoms with van der Waals surface area (Å²) < 4.78 is 28.5. The average molecular weight is 1810 g/mol. The van der Waals surface area contributed by atoms with Crippen molar-refractivity contribution in [2.75, 3.05) is 217 Å². The number of carbonyl (C=O) groups excluding carboxylic acids is 1. The van der Waals surface area contributed by atoms with Crippen molar-refractivity contribution in [2.45, 2.75) is 217 Å². The first kappa shape index (κ1) is 100.0. The Bertz CT molecular complexity index is 2600. The van der Waals surface area contributed by atoms with E-state index in [4.69, 9.17) is 28.8 Å². The molecule has 17 nitrogen and oxygen atoms in total. The third-order valence-corrected chi connectivity index (χ3v) is 28.0. The van der Waals surface area contributed by atoms with Gasteiger partial charge in [-0.3, -0.25) is 21.0 Å². The number of likely N-dealkylation sites (tertiary alicyclic amines) is 9. The molecule has 0 amide bonds. The van der Waals surface area contributed by atoms with Crippen LogP contribution in [0, 0.1) is 106 Å². The summed E-state index contributed by atoms with van der Waals surface area (Å²) >= 11 is 0. The Kier molecular flexibility index (Phi) is 41.0. The fourth-order valence-electron chi connectivity index (χ4n) is 18.4. The molecule has 9 aliphatic carbocycles. The summed E-state index contributed by atoms with van der Waals surface area (Å²) in [5, 5.41) is 18.2. The molecule has 18 rings (SSSR count). The van der Waals surface area contributed by atoms with Crippen LogP contribution in [0.3, 0.4) is 0 Å². The monoisotopic (exact) mass is 1810 g/mol. The van der Waals surface area contributed by atoms with Crippen LogP contribution in [0.15, 0.2) is 12.2 Å². The van der Waals surface area contributed by atoms with Gasteiger partial charge in [-0.05, 0) is 181 Å². The second kappa shape index (κ2) is 44.3. The summed E-state index contributed by atoms with van der Waals surface area (Å²) in [6.07, 6.45) is 33.9. The number of ether oxygens (including phenoxy) is 5. The number of aliphatic hydroxyl groups is 2. The summed E-state index contributed by atoms with van der Waals surface area (Å²) in [7, 11) is 1.85. The van der Waals surface area contributed by atoms with Crippen molar-refractivity contribution in [3.05, 3.63) is 63.8 Å². The maximum atomic E-state index is 11.3. The number of likely N-dealkylation sites (N-methyl/N-ethyl adjacent to an activating group) is 8. The van der Waals surface area contributed by atoms with E-state index >= 15 is 0 Å². The quantitative estimate of drug-likeness (QED) is 0.0604. The zero-order valence-corrected chi connectivity index (χ0v) is 82.4. The van der Waals surface area contributed by atoms with E-state index in [1.165, 1.54) is 211 Å². The second-order valence-corrected chi connectivity index (χ2v) is 36.7. The molecule has 2 atom stereocenters. The van der Waals surface area contributed by atoms with Crippen LogP contribution in [-0.2, 0) is 159 Å². The summed E-state index contributed by atoms with van der Waals surface area (Å²) in [5.41, 5.74) is 5.87. The number of nitrogens with zero attached hydrogens (tertiary/aromatic N) is 9. The average Bonchev–Trinajstić information content (AvgIpc) is 1.65. The Morgan fingerprint density at radius 1 is 0.481 bits per heavy atom. The van der Waals surface area contributed by atoms with Crippen molar-refractivity contribution in [3.8, 4) is 0 Å². The number of ketones is 1. The van der Waals surface area contributed by atoms with Gasteiger partial charge in [0.2, 0.25) is 0 Å². The summed E-state index contributed by atoms with van der Waals surface area (Å²) in [6, 6.07) is 0. The van der Waals surface area contributed by atoms with Gasteiger partial charge in [0.05, 0.1) is 18.8 Å². The molecule has 614 valence electrons. The maximum Gasteiger partial charge on any atom is 0.154 e. The van der Waals surface area contributed by atoms with Gasteiger partial charge in [0.1, 0.15) is 0 Å². The van der Waals surface area contributed by atoms with Crippen molar-refractivity contribution >= 4 is 5.78 Å². The van der Waals surface area contributed by atoms with Crippen molar-refractivity contribution in [2.24, 2.45) is 54.1 Å². The minimum atomic E-state index is -0.0209. The Labute approximate surface area is 762 Å². The first-order valence-corrected chi connectivity index (χ1v) is 42.6. The van der Waals surface area contributed by atoms with Crippen molar-refractivity contribution in [1.82, 2.24) is 44.1 Å². The Balaban J connectivity index is 0.000000190. The van der Waals surface area contributed by atoms with E-state index < -0.39 is 0 Å². The first-order chi connectivity index (χ1) is 49.8. The molecule has 9 heterocycles. The molecule has 9 aliphatic heterocycles. The van der Waals surface area contributed by atoms with Gasteiger partial charge in [0.15, 0.2) is 5.78 Å². The van der Waals surface area contributed by atoms with Gasteiger partial charge in [0, 0.05) is 212 Å². The number of hydrogen-bond donors (Lipinski definition) is 2. The van der Waals surface area contributed by atoms with E-state index in [-0.39, 0.29) is 154 Å². The molecule has 0 bridgehead atoms. The fraction of sp³-hybridized carbons (Fsp3) is 0.874. The number of β-amino-alcohol motifs (C(OH)–C–C–N with tert-alkyl or cyclic N) is 1. The number of aliphatic hydroxyl groups excluding tert-OH is 2. The standard InChI is InChI=1S/C13H23NO.C11H19NO2.C11H19NO.C10H17NO.C9H17NO.C9H15N.C8H15NO.C8H13NO.C8H15N.4Y/c1-5-14-8-11(13(9-14)6-7-13)15-10-12(2,3)4;1-2-12-8-10(14-7-3-6-13)11(9-12)4-5-11;1-3-7-13-10-8-12(4-2)9-11(10)5-6-11;1-3-11-7-9(12-4-2)10(8-11)5-6-10;1-3-10-6-8(11-2)9(7-10)4-5-9;1-3-10-6-8(2)9(7-10)4-5-9;2*1-2-9-5-7(10)8(6-9)3-4-8;1-2-9-6-5-8(7-9)3-4-8;;;;/h2,5-10H2,1,3-4H3;3,13H,2,4-9H2,1H3;1,3-9H2,2H3;2-8H2,1H3;8H,3-7H2,1-2H3;2-7H2,1H3;7,10H,2-6H2,1H3;2-6H2,1H3;2-7H2,1H3;;;;/q4*-2;;;;;;;;;. The fourth-order valence-corrected chi connectivity index (χ4v) is 18.4. The molecular weight excluding hydrogens is 1650 g/mol. The first-order valence-electron chi connectivity index (χ1n) is 42.6. The van der Waals surface area contributed by atoms with Gasteiger partial charge < -0.3 is 89.0 Å². The molecule has 2 unspecified atom stereocenters. The van der Waals surface area contributed by atoms with Crippen LogP contribution in [0.4, 0.5) is 0 Å². The number of rotatable bonds is 22. The molecule has 9 spiro atoms. The molecule has 4 radical (unpaired) electrons. The van der Waals surface area contributed by atoms with E-state index in [1.807, 2.05) is 7.11 Å². The summed E-state index contributed by atoms with van der Waals surface area (Å²) in [6.45, 7) is 73.5. The van der Waals surface area contributed by atoms with Crippen LogP contribution in [0.1, 0.15) is 205 Å². The van der Waals surface area contributed by atoms with Crippen molar-refractivity contribution in [3.63, 3.8) is 0 Å². The SMILES string of the molecule is C=C1CN(CC)CC12CC2.CCN1CC(=O)C2(CC2)C1.CCN1CC(O)C2(CC2)C1.CCN1CC(OC)C2(CC2)C1.CCN1CCC2(CC2)C1.CCN1C[C-](OC[CH-]CO)C2(CC2)C1.[CH2-]C(C)(C)CO[C-]1CN(CC)CC12CC2.[CH2-]CCO[C-]1CN(CC)CC12CC2.[CH2-]CO[C-]1CN(CC)CC12CC2.[Y].[Y].[Y].[Y]. The van der Waals surface area contributed by atoms with Crippen LogP contribution in [0.25, 0.3) is 0 Å². The molecule has 21 heteroatoms. The van der Waals surface area contributed by atoms with Gasteiger partial charge in [0.25, 0.3) is 0 Å². The maximum absolute atomic E-state index is 11.3. The smallest absolute Gasteiger partial charge is 0.154 e. The van der Waals surface area contributed by atoms with Gasteiger partial charge in [-0.15, -0.1) is 66.5 Å². The molecule has 2 N–H and O–H groups in total. The van der Waals surface area contributed by atoms with Crippen molar-refractivity contribution in [1.29, 1.82) is 0 Å². The van der Waals surface area contributed by atoms with Crippen LogP contribution in [0.5, 0.6) is 0 Å². The summed E-state index contributed by atoms with van der Waals surface area (Å²) in [5.74, 6) is 0.495.